The normalized spacial score (nSPS) is 20.1. The van der Waals surface area contributed by atoms with E-state index in [4.69, 9.17) is 30.4 Å². The summed E-state index contributed by atoms with van der Waals surface area (Å²) in [4.78, 5) is 19.3. The van der Waals surface area contributed by atoms with E-state index in [0.717, 1.165) is 52.4 Å². The molecule has 3 aromatic heterocycles. The van der Waals surface area contributed by atoms with Crippen LogP contribution in [0, 0.1) is 0 Å². The fraction of sp³-hybridized carbons (Fsp3) is 0.448. The zero-order valence-electron chi connectivity index (χ0n) is 21.9. The number of nitrogens with one attached hydrogen (secondary N) is 2. The van der Waals surface area contributed by atoms with E-state index in [9.17, 15) is 0 Å². The summed E-state index contributed by atoms with van der Waals surface area (Å²) in [5.74, 6) is 2.16. The average molecular weight is 513 g/mol. The molecule has 6 rings (SSSR count). The van der Waals surface area contributed by atoms with Crippen LogP contribution < -0.4 is 21.1 Å². The van der Waals surface area contributed by atoms with Crippen LogP contribution in [-0.2, 0) is 6.54 Å². The van der Waals surface area contributed by atoms with Gasteiger partial charge in [-0.25, -0.2) is 4.98 Å². The smallest absolute Gasteiger partial charge is 0.227 e. The van der Waals surface area contributed by atoms with Gasteiger partial charge in [-0.1, -0.05) is 43.9 Å². The van der Waals surface area contributed by atoms with Crippen LogP contribution in [0.15, 0.2) is 48.9 Å². The van der Waals surface area contributed by atoms with E-state index < -0.39 is 0 Å². The summed E-state index contributed by atoms with van der Waals surface area (Å²) in [5, 5.41) is 7.07. The van der Waals surface area contributed by atoms with Gasteiger partial charge >= 0.3 is 0 Å². The molecule has 2 saturated carbocycles. The molecule has 4 N–H and O–H groups in total. The summed E-state index contributed by atoms with van der Waals surface area (Å²) in [6.45, 7) is 0.573. The lowest BCUT2D eigenvalue weighted by Gasteiger charge is -2.29. The Morgan fingerprint density at radius 1 is 0.974 bits per heavy atom. The number of hydrogen-bond donors (Lipinski definition) is 3. The molecule has 0 bridgehead atoms. The van der Waals surface area contributed by atoms with Gasteiger partial charge in [0.1, 0.15) is 5.75 Å². The van der Waals surface area contributed by atoms with E-state index >= 15 is 0 Å². The van der Waals surface area contributed by atoms with E-state index in [1.165, 1.54) is 38.5 Å². The number of benzene rings is 1. The van der Waals surface area contributed by atoms with E-state index in [-0.39, 0.29) is 12.1 Å². The van der Waals surface area contributed by atoms with Crippen LogP contribution in [0.2, 0.25) is 0 Å². The maximum absolute atomic E-state index is 6.43. The van der Waals surface area contributed by atoms with Crippen molar-refractivity contribution in [2.75, 3.05) is 17.7 Å². The highest BCUT2D eigenvalue weighted by molar-refractivity contribution is 5.84. The van der Waals surface area contributed by atoms with E-state index in [1.807, 2.05) is 42.9 Å². The molecule has 0 saturated heterocycles. The molecular weight excluding hydrogens is 476 g/mol. The molecule has 9 heteroatoms. The van der Waals surface area contributed by atoms with Crippen LogP contribution in [0.5, 0.6) is 5.75 Å². The van der Waals surface area contributed by atoms with Crippen molar-refractivity contribution in [2.45, 2.75) is 76.0 Å². The molecule has 2 atom stereocenters. The number of fused-ring (bicyclic) bond motifs is 1. The molecule has 2 aliphatic rings. The predicted molar refractivity (Wildman–Crippen MR) is 150 cm³/mol. The maximum atomic E-state index is 6.43. The number of ether oxygens (including phenoxy) is 1. The number of hydrogen-bond acceptors (Lipinski definition) is 8. The third-order valence-corrected chi connectivity index (χ3v) is 7.94. The van der Waals surface area contributed by atoms with Gasteiger partial charge in [0, 0.05) is 36.4 Å². The summed E-state index contributed by atoms with van der Waals surface area (Å²) >= 11 is 0. The summed E-state index contributed by atoms with van der Waals surface area (Å²) in [5.41, 5.74) is 11.0. The Kier molecular flexibility index (Phi) is 7.09. The molecule has 2 fully saturated rings. The minimum atomic E-state index is 0.118. The lowest BCUT2D eigenvalue weighted by Crippen LogP contribution is -2.43. The summed E-state index contributed by atoms with van der Waals surface area (Å²) < 4.78 is 7.74. The van der Waals surface area contributed by atoms with Gasteiger partial charge in [-0.3, -0.25) is 4.98 Å². The molecule has 0 spiro atoms. The van der Waals surface area contributed by atoms with E-state index in [0.29, 0.717) is 18.5 Å². The molecule has 2 unspecified atom stereocenters. The molecule has 0 amide bonds. The first kappa shape index (κ1) is 24.6. The standard InChI is InChI=1S/C29H36N8O/c1-38-25-13-7-4-10-21(25)23-15-14-19(16-31-23)17-32-27-26-28(37(18-33-26)20-8-2-3-9-20)36-29(35-27)34-24-12-6-5-11-22(24)30/h4,7,10,13-16,18,20,22,24H,2-3,5-6,8-9,11-12,17,30H2,1H3,(H2,32,34,35,36). The van der Waals surface area contributed by atoms with E-state index in [1.54, 1.807) is 7.11 Å². The highest BCUT2D eigenvalue weighted by atomic mass is 16.5. The van der Waals surface area contributed by atoms with Gasteiger partial charge in [0.25, 0.3) is 0 Å². The fourth-order valence-corrected chi connectivity index (χ4v) is 5.79. The van der Waals surface area contributed by atoms with Gasteiger partial charge in [0.05, 0.1) is 19.1 Å². The Morgan fingerprint density at radius 2 is 1.79 bits per heavy atom. The summed E-state index contributed by atoms with van der Waals surface area (Å²) in [6, 6.07) is 12.8. The van der Waals surface area contributed by atoms with Crippen molar-refractivity contribution in [1.82, 2.24) is 24.5 Å². The van der Waals surface area contributed by atoms with Crippen molar-refractivity contribution in [3.63, 3.8) is 0 Å². The van der Waals surface area contributed by atoms with Crippen LogP contribution in [-0.4, -0.2) is 43.7 Å². The number of pyridine rings is 1. The lowest BCUT2D eigenvalue weighted by atomic mass is 9.91. The maximum Gasteiger partial charge on any atom is 0.227 e. The fourth-order valence-electron chi connectivity index (χ4n) is 5.79. The Morgan fingerprint density at radius 3 is 2.58 bits per heavy atom. The van der Waals surface area contributed by atoms with Crippen LogP contribution in [0.25, 0.3) is 22.4 Å². The van der Waals surface area contributed by atoms with Crippen LogP contribution in [0.4, 0.5) is 11.8 Å². The lowest BCUT2D eigenvalue weighted by molar-refractivity contribution is 0.402. The van der Waals surface area contributed by atoms with Gasteiger partial charge in [-0.05, 0) is 49.4 Å². The number of para-hydroxylation sites is 1. The molecule has 38 heavy (non-hydrogen) atoms. The minimum Gasteiger partial charge on any atom is -0.496 e. The van der Waals surface area contributed by atoms with Gasteiger partial charge in [0.2, 0.25) is 5.95 Å². The number of methoxy groups -OCH3 is 1. The predicted octanol–water partition coefficient (Wildman–Crippen LogP) is 5.31. The van der Waals surface area contributed by atoms with Crippen molar-refractivity contribution in [2.24, 2.45) is 5.73 Å². The molecule has 2 aliphatic carbocycles. The molecule has 0 radical (unpaired) electrons. The first-order chi connectivity index (χ1) is 18.7. The molecular formula is C29H36N8O. The Balaban J connectivity index is 1.26. The highest BCUT2D eigenvalue weighted by Crippen LogP contribution is 2.34. The second-order valence-electron chi connectivity index (χ2n) is 10.5. The first-order valence-electron chi connectivity index (χ1n) is 13.8. The largest absolute Gasteiger partial charge is 0.496 e. The zero-order chi connectivity index (χ0) is 25.9. The Bertz CT molecular complexity index is 1380. The molecule has 0 aliphatic heterocycles. The molecule has 4 aromatic rings. The summed E-state index contributed by atoms with van der Waals surface area (Å²) in [6.07, 6.45) is 13.1. The molecule has 9 nitrogen and oxygen atoms in total. The average Bonchev–Trinajstić information content (AvgIpc) is 3.64. The van der Waals surface area contributed by atoms with Crippen LogP contribution in [0.1, 0.15) is 63.0 Å². The van der Waals surface area contributed by atoms with Crippen LogP contribution >= 0.6 is 0 Å². The second kappa shape index (κ2) is 10.9. The number of nitrogens with two attached hydrogens (primary N) is 1. The quantitative estimate of drug-likeness (QED) is 0.291. The number of aromatic nitrogens is 5. The van der Waals surface area contributed by atoms with Gasteiger partial charge in [-0.2, -0.15) is 9.97 Å². The number of rotatable bonds is 8. The molecule has 3 heterocycles. The topological polar surface area (TPSA) is 116 Å². The number of anilines is 2. The summed E-state index contributed by atoms with van der Waals surface area (Å²) in [7, 11) is 1.68. The van der Waals surface area contributed by atoms with E-state index in [2.05, 4.69) is 21.3 Å². The second-order valence-corrected chi connectivity index (χ2v) is 10.5. The number of nitrogens with zero attached hydrogens (tertiary/aromatic N) is 5. The molecule has 198 valence electrons. The van der Waals surface area contributed by atoms with Crippen molar-refractivity contribution < 1.29 is 4.74 Å². The monoisotopic (exact) mass is 512 g/mol. The van der Waals surface area contributed by atoms with Gasteiger partial charge < -0.3 is 25.7 Å². The molecule has 1 aromatic carbocycles. The Hall–Kier alpha value is -3.72. The minimum absolute atomic E-state index is 0.118. The number of imidazole rings is 1. The zero-order valence-corrected chi connectivity index (χ0v) is 21.9. The third-order valence-electron chi connectivity index (χ3n) is 7.94. The van der Waals surface area contributed by atoms with Gasteiger partial charge in [0.15, 0.2) is 17.0 Å². The van der Waals surface area contributed by atoms with Crippen molar-refractivity contribution in [1.29, 1.82) is 0 Å². The highest BCUT2D eigenvalue weighted by Gasteiger charge is 2.25. The van der Waals surface area contributed by atoms with Crippen LogP contribution in [0.3, 0.4) is 0 Å². The SMILES string of the molecule is COc1ccccc1-c1ccc(CNc2nc(NC3CCCCC3N)nc3c2ncn3C2CCCC2)cn1. The Labute approximate surface area is 223 Å². The van der Waals surface area contributed by atoms with Crippen molar-refractivity contribution in [3.8, 4) is 17.0 Å². The van der Waals surface area contributed by atoms with Gasteiger partial charge in [-0.15, -0.1) is 0 Å². The first-order valence-corrected chi connectivity index (χ1v) is 13.8. The third kappa shape index (κ3) is 5.03. The van der Waals surface area contributed by atoms with Crippen molar-refractivity contribution >= 4 is 22.9 Å². The van der Waals surface area contributed by atoms with Crippen molar-refractivity contribution in [3.05, 3.63) is 54.5 Å².